The molecule has 0 aliphatic carbocycles. The van der Waals surface area contributed by atoms with Gasteiger partial charge in [0, 0.05) is 0 Å². The first kappa shape index (κ1) is 38.9. The van der Waals surface area contributed by atoms with Gasteiger partial charge in [0.2, 0.25) is 11.8 Å². The Morgan fingerprint density at radius 3 is 0.700 bits per heavy atom. The number of rotatable bonds is 31. The number of amides is 2. The van der Waals surface area contributed by atoms with Crippen LogP contribution in [-0.2, 0) is 9.59 Å². The van der Waals surface area contributed by atoms with E-state index in [2.05, 4.69) is 27.7 Å². The summed E-state index contributed by atoms with van der Waals surface area (Å²) in [7, 11) is 0. The van der Waals surface area contributed by atoms with E-state index in [1.807, 2.05) is 0 Å². The number of carbonyl (C=O) groups is 2. The predicted octanol–water partition coefficient (Wildman–Crippen LogP) is 10.9. The van der Waals surface area contributed by atoms with Crippen molar-refractivity contribution in [2.24, 2.45) is 22.3 Å². The molecule has 0 atom stereocenters. The zero-order chi connectivity index (χ0) is 30.0. The Balaban J connectivity index is 6.00. The molecule has 40 heavy (non-hydrogen) atoms. The maximum absolute atomic E-state index is 13.7. The predicted molar refractivity (Wildman–Crippen MR) is 175 cm³/mol. The normalized spacial score (nSPS) is 12.2. The van der Waals surface area contributed by atoms with E-state index >= 15 is 0 Å². The van der Waals surface area contributed by atoms with Crippen molar-refractivity contribution >= 4 is 11.8 Å². The third kappa shape index (κ3) is 15.2. The van der Waals surface area contributed by atoms with Gasteiger partial charge in [0.15, 0.2) is 0 Å². The summed E-state index contributed by atoms with van der Waals surface area (Å²) >= 11 is 0. The third-order valence-corrected chi connectivity index (χ3v) is 9.69. The molecule has 2 amide bonds. The van der Waals surface area contributed by atoms with Crippen molar-refractivity contribution in [1.82, 2.24) is 0 Å². The molecule has 0 rings (SSSR count). The maximum atomic E-state index is 13.7. The van der Waals surface area contributed by atoms with Gasteiger partial charge < -0.3 is 11.5 Å². The van der Waals surface area contributed by atoms with Gasteiger partial charge in [0.05, 0.1) is 10.8 Å². The quantitative estimate of drug-likeness (QED) is 0.0820. The highest BCUT2D eigenvalue weighted by Gasteiger charge is 2.57. The van der Waals surface area contributed by atoms with Crippen molar-refractivity contribution in [1.29, 1.82) is 0 Å². The first-order valence-corrected chi connectivity index (χ1v) is 18.0. The van der Waals surface area contributed by atoms with E-state index < -0.39 is 10.8 Å². The Bertz CT molecular complexity index is 520. The summed E-state index contributed by atoms with van der Waals surface area (Å²) in [5.74, 6) is -0.518. The number of hydrogen-bond acceptors (Lipinski definition) is 2. The molecule has 4 nitrogen and oxygen atoms in total. The molecular formula is C36H72N2O2. The first-order valence-electron chi connectivity index (χ1n) is 18.0. The molecule has 0 spiro atoms. The molecule has 0 aromatic carbocycles. The van der Waals surface area contributed by atoms with Gasteiger partial charge in [-0.1, -0.05) is 182 Å². The average Bonchev–Trinajstić information content (AvgIpc) is 2.93. The molecule has 0 saturated heterocycles. The minimum absolute atomic E-state index is 0.259. The summed E-state index contributed by atoms with van der Waals surface area (Å²) in [6.45, 7) is 8.96. The van der Waals surface area contributed by atoms with Crippen LogP contribution in [0, 0.1) is 10.8 Å². The van der Waals surface area contributed by atoms with Crippen LogP contribution in [0.25, 0.3) is 0 Å². The second kappa shape index (κ2) is 25.6. The molecular weight excluding hydrogens is 492 g/mol. The lowest BCUT2D eigenvalue weighted by molar-refractivity contribution is -0.153. The molecule has 4 N–H and O–H groups in total. The molecule has 0 saturated carbocycles. The van der Waals surface area contributed by atoms with Gasteiger partial charge in [0.25, 0.3) is 0 Å². The van der Waals surface area contributed by atoms with Crippen molar-refractivity contribution < 1.29 is 9.59 Å². The van der Waals surface area contributed by atoms with Crippen molar-refractivity contribution in [3.8, 4) is 0 Å². The van der Waals surface area contributed by atoms with Gasteiger partial charge in [-0.3, -0.25) is 9.59 Å². The van der Waals surface area contributed by atoms with E-state index in [1.54, 1.807) is 0 Å². The van der Waals surface area contributed by atoms with E-state index in [1.165, 1.54) is 103 Å². The molecule has 0 aromatic rings. The lowest BCUT2D eigenvalue weighted by atomic mass is 9.54. The van der Waals surface area contributed by atoms with Crippen LogP contribution in [-0.4, -0.2) is 11.8 Å². The molecule has 0 aliphatic heterocycles. The second-order valence-corrected chi connectivity index (χ2v) is 13.0. The number of hydrogen-bond donors (Lipinski definition) is 2. The molecule has 0 bridgehead atoms. The summed E-state index contributed by atoms with van der Waals surface area (Å²) < 4.78 is 0. The highest BCUT2D eigenvalue weighted by Crippen LogP contribution is 2.53. The van der Waals surface area contributed by atoms with Crippen LogP contribution in [0.4, 0.5) is 0 Å². The Labute approximate surface area is 251 Å². The van der Waals surface area contributed by atoms with E-state index in [4.69, 9.17) is 11.5 Å². The number of nitrogens with two attached hydrogens (primary N) is 2. The molecule has 0 radical (unpaired) electrons. The van der Waals surface area contributed by atoms with Crippen LogP contribution in [0.2, 0.25) is 0 Å². The highest BCUT2D eigenvalue weighted by molar-refractivity contribution is 5.92. The van der Waals surface area contributed by atoms with Gasteiger partial charge >= 0.3 is 0 Å². The Morgan fingerprint density at radius 2 is 0.525 bits per heavy atom. The Kier molecular flexibility index (Phi) is 25.0. The lowest BCUT2D eigenvalue weighted by Crippen LogP contribution is -2.57. The van der Waals surface area contributed by atoms with Gasteiger partial charge in [-0.15, -0.1) is 0 Å². The smallest absolute Gasteiger partial charge is 0.224 e. The van der Waals surface area contributed by atoms with Gasteiger partial charge in [-0.05, 0) is 25.7 Å². The largest absolute Gasteiger partial charge is 0.369 e. The van der Waals surface area contributed by atoms with Crippen molar-refractivity contribution in [2.75, 3.05) is 0 Å². The zero-order valence-corrected chi connectivity index (χ0v) is 27.8. The third-order valence-electron chi connectivity index (χ3n) is 9.69. The van der Waals surface area contributed by atoms with Gasteiger partial charge in [-0.25, -0.2) is 0 Å². The van der Waals surface area contributed by atoms with E-state index in [0.29, 0.717) is 0 Å². The van der Waals surface area contributed by atoms with Crippen LogP contribution in [0.3, 0.4) is 0 Å². The average molecular weight is 565 g/mol. The van der Waals surface area contributed by atoms with E-state index in [-0.39, 0.29) is 11.8 Å². The van der Waals surface area contributed by atoms with Crippen molar-refractivity contribution in [3.63, 3.8) is 0 Å². The first-order chi connectivity index (χ1) is 19.4. The number of unbranched alkanes of at least 4 members (excludes halogenated alkanes) is 20. The van der Waals surface area contributed by atoms with Gasteiger partial charge in [-0.2, -0.15) is 0 Å². The Hall–Kier alpha value is -1.06. The summed E-state index contributed by atoms with van der Waals surface area (Å²) in [5.41, 5.74) is 11.2. The second-order valence-electron chi connectivity index (χ2n) is 13.0. The Morgan fingerprint density at radius 1 is 0.350 bits per heavy atom. The fourth-order valence-corrected chi connectivity index (χ4v) is 7.00. The van der Waals surface area contributed by atoms with Crippen LogP contribution in [0.15, 0.2) is 0 Å². The van der Waals surface area contributed by atoms with Crippen molar-refractivity contribution in [3.05, 3.63) is 0 Å². The molecule has 238 valence electrons. The summed E-state index contributed by atoms with van der Waals surface area (Å²) in [6.07, 6.45) is 30.9. The fourth-order valence-electron chi connectivity index (χ4n) is 7.00. The van der Waals surface area contributed by atoms with Crippen molar-refractivity contribution in [2.45, 2.75) is 207 Å². The monoisotopic (exact) mass is 565 g/mol. The standard InChI is InChI=1S/C36H72N2O2/c1-5-9-13-17-21-25-29-35(33(37)39,30-26-22-18-14-10-6-2)36(34(38)40,31-27-23-19-15-11-7-3)32-28-24-20-16-12-8-4/h5-32H2,1-4H3,(H2,37,39)(H2,38,40). The molecule has 0 unspecified atom stereocenters. The zero-order valence-electron chi connectivity index (χ0n) is 27.8. The molecule has 0 aromatic heterocycles. The number of carbonyl (C=O) groups excluding carboxylic acids is 2. The summed E-state index contributed by atoms with van der Waals surface area (Å²) in [6, 6.07) is 0. The van der Waals surface area contributed by atoms with Crippen LogP contribution in [0.1, 0.15) is 207 Å². The number of primary amides is 2. The van der Waals surface area contributed by atoms with E-state index in [0.717, 1.165) is 77.0 Å². The van der Waals surface area contributed by atoms with Crippen LogP contribution >= 0.6 is 0 Å². The van der Waals surface area contributed by atoms with Gasteiger partial charge in [0.1, 0.15) is 0 Å². The molecule has 0 aliphatic rings. The van der Waals surface area contributed by atoms with Crippen LogP contribution in [0.5, 0.6) is 0 Å². The lowest BCUT2D eigenvalue weighted by Gasteiger charge is -2.48. The topological polar surface area (TPSA) is 86.2 Å². The summed E-state index contributed by atoms with van der Waals surface area (Å²) in [4.78, 5) is 27.3. The molecule has 0 fully saturated rings. The molecule has 4 heteroatoms. The maximum Gasteiger partial charge on any atom is 0.224 e. The van der Waals surface area contributed by atoms with Crippen LogP contribution < -0.4 is 11.5 Å². The molecule has 0 heterocycles. The minimum atomic E-state index is -0.818. The minimum Gasteiger partial charge on any atom is -0.369 e. The SMILES string of the molecule is CCCCCCCCC(CCCCCCCC)(C(N)=O)C(CCCCCCCC)(CCCCCCCC)C(N)=O. The van der Waals surface area contributed by atoms with E-state index in [9.17, 15) is 9.59 Å². The fraction of sp³-hybridized carbons (Fsp3) is 0.944. The summed E-state index contributed by atoms with van der Waals surface area (Å²) in [5, 5.41) is 0. The highest BCUT2D eigenvalue weighted by atomic mass is 16.2.